The van der Waals surface area contributed by atoms with E-state index >= 15 is 0 Å². The Kier molecular flexibility index (Phi) is 2.02. The van der Waals surface area contributed by atoms with E-state index in [0.717, 1.165) is 10.9 Å². The molecular weight excluding hydrogens is 216 g/mol. The van der Waals surface area contributed by atoms with E-state index in [1.165, 1.54) is 10.7 Å². The summed E-state index contributed by atoms with van der Waals surface area (Å²) >= 11 is 0. The molecule has 80 valence electrons. The van der Waals surface area contributed by atoms with Gasteiger partial charge in [0.25, 0.3) is 10.0 Å². The molecule has 0 aliphatic carbocycles. The lowest BCUT2D eigenvalue weighted by Gasteiger charge is -2.01. The van der Waals surface area contributed by atoms with E-state index in [9.17, 15) is 8.42 Å². The molecule has 0 amide bonds. The second-order valence-electron chi connectivity index (χ2n) is 3.33. The van der Waals surface area contributed by atoms with Gasteiger partial charge < -0.3 is 0 Å². The van der Waals surface area contributed by atoms with Crippen molar-refractivity contribution >= 4 is 21.1 Å². The maximum absolute atomic E-state index is 11.1. The molecule has 0 unspecified atom stereocenters. The van der Waals surface area contributed by atoms with Crippen molar-refractivity contribution in [1.82, 2.24) is 14.8 Å². The normalized spacial score (nSPS) is 12.2. The molecule has 0 aliphatic rings. The SMILES string of the molecule is Cc1cc(S(N)(=O)=O)nc2c1cnn2C. The van der Waals surface area contributed by atoms with Crippen LogP contribution in [-0.4, -0.2) is 23.2 Å². The highest BCUT2D eigenvalue weighted by molar-refractivity contribution is 7.89. The van der Waals surface area contributed by atoms with Gasteiger partial charge in [0.15, 0.2) is 10.7 Å². The number of sulfonamides is 1. The lowest BCUT2D eigenvalue weighted by Crippen LogP contribution is -2.14. The fourth-order valence-corrected chi connectivity index (χ4v) is 1.94. The molecule has 0 bridgehead atoms. The van der Waals surface area contributed by atoms with Gasteiger partial charge in [-0.25, -0.2) is 18.5 Å². The zero-order valence-corrected chi connectivity index (χ0v) is 9.11. The van der Waals surface area contributed by atoms with E-state index in [1.807, 2.05) is 0 Å². The van der Waals surface area contributed by atoms with Gasteiger partial charge in [-0.1, -0.05) is 0 Å². The monoisotopic (exact) mass is 226 g/mol. The molecule has 0 atom stereocenters. The first-order chi connectivity index (χ1) is 6.89. The van der Waals surface area contributed by atoms with Gasteiger partial charge in [-0.05, 0) is 18.6 Å². The third kappa shape index (κ3) is 1.59. The average Bonchev–Trinajstić information content (AvgIpc) is 2.47. The molecule has 0 saturated heterocycles. The van der Waals surface area contributed by atoms with E-state index in [0.29, 0.717) is 5.65 Å². The zero-order chi connectivity index (χ0) is 11.2. The number of rotatable bonds is 1. The topological polar surface area (TPSA) is 90.9 Å². The Morgan fingerprint density at radius 2 is 2.13 bits per heavy atom. The molecule has 0 spiro atoms. The van der Waals surface area contributed by atoms with Crippen LogP contribution in [0.25, 0.3) is 11.0 Å². The van der Waals surface area contributed by atoms with Crippen LogP contribution >= 0.6 is 0 Å². The van der Waals surface area contributed by atoms with E-state index in [2.05, 4.69) is 10.1 Å². The Morgan fingerprint density at radius 3 is 2.73 bits per heavy atom. The Bertz CT molecular complexity index is 629. The summed E-state index contributed by atoms with van der Waals surface area (Å²) < 4.78 is 23.8. The van der Waals surface area contributed by atoms with Crippen molar-refractivity contribution in [3.8, 4) is 0 Å². The summed E-state index contributed by atoms with van der Waals surface area (Å²) in [6.07, 6.45) is 1.64. The van der Waals surface area contributed by atoms with Crippen LogP contribution in [0.5, 0.6) is 0 Å². The standard InChI is InChI=1S/C8H10N4O2S/c1-5-3-7(15(9,13)14)11-8-6(5)4-10-12(8)2/h3-4H,1-2H3,(H2,9,13,14). The largest absolute Gasteiger partial charge is 0.255 e. The van der Waals surface area contributed by atoms with Gasteiger partial charge >= 0.3 is 0 Å². The zero-order valence-electron chi connectivity index (χ0n) is 8.30. The lowest BCUT2D eigenvalue weighted by molar-refractivity contribution is 0.594. The van der Waals surface area contributed by atoms with Crippen molar-refractivity contribution < 1.29 is 8.42 Å². The maximum Gasteiger partial charge on any atom is 0.255 e. The number of pyridine rings is 1. The van der Waals surface area contributed by atoms with Gasteiger partial charge in [-0.3, -0.25) is 4.68 Å². The van der Waals surface area contributed by atoms with Gasteiger partial charge in [0, 0.05) is 12.4 Å². The first-order valence-electron chi connectivity index (χ1n) is 4.22. The first-order valence-corrected chi connectivity index (χ1v) is 5.76. The maximum atomic E-state index is 11.1. The number of hydrogen-bond acceptors (Lipinski definition) is 4. The summed E-state index contributed by atoms with van der Waals surface area (Å²) in [4.78, 5) is 3.95. The van der Waals surface area contributed by atoms with Crippen molar-refractivity contribution in [3.05, 3.63) is 17.8 Å². The number of hydrogen-bond donors (Lipinski definition) is 1. The summed E-state index contributed by atoms with van der Waals surface area (Å²) in [5.41, 5.74) is 1.30. The molecule has 6 nitrogen and oxygen atoms in total. The van der Waals surface area contributed by atoms with E-state index in [4.69, 9.17) is 5.14 Å². The number of primary sulfonamides is 1. The lowest BCUT2D eigenvalue weighted by atomic mass is 10.2. The minimum absolute atomic E-state index is 0.129. The Hall–Kier alpha value is -1.47. The number of aryl methyl sites for hydroxylation is 2. The Balaban J connectivity index is 2.88. The molecule has 0 aliphatic heterocycles. The van der Waals surface area contributed by atoms with Crippen LogP contribution < -0.4 is 5.14 Å². The summed E-state index contributed by atoms with van der Waals surface area (Å²) in [7, 11) is -2.07. The summed E-state index contributed by atoms with van der Waals surface area (Å²) in [5, 5.41) is 9.71. The highest BCUT2D eigenvalue weighted by atomic mass is 32.2. The molecular formula is C8H10N4O2S. The number of nitrogens with two attached hydrogens (primary N) is 1. The summed E-state index contributed by atoms with van der Waals surface area (Å²) in [6.45, 7) is 1.79. The van der Waals surface area contributed by atoms with E-state index < -0.39 is 10.0 Å². The first kappa shape index (κ1) is 10.1. The Morgan fingerprint density at radius 1 is 1.47 bits per heavy atom. The second kappa shape index (κ2) is 3.01. The molecule has 2 heterocycles. The molecule has 0 aromatic carbocycles. The fraction of sp³-hybridized carbons (Fsp3) is 0.250. The van der Waals surface area contributed by atoms with Crippen molar-refractivity contribution in [2.45, 2.75) is 11.9 Å². The van der Waals surface area contributed by atoms with Crippen LogP contribution in [0.1, 0.15) is 5.56 Å². The van der Waals surface area contributed by atoms with Gasteiger partial charge in [-0.15, -0.1) is 0 Å². The van der Waals surface area contributed by atoms with Crippen molar-refractivity contribution in [3.63, 3.8) is 0 Å². The van der Waals surface area contributed by atoms with Gasteiger partial charge in [-0.2, -0.15) is 5.10 Å². The third-order valence-electron chi connectivity index (χ3n) is 2.18. The predicted molar refractivity (Wildman–Crippen MR) is 54.6 cm³/mol. The minimum Gasteiger partial charge on any atom is -0.250 e. The van der Waals surface area contributed by atoms with E-state index in [-0.39, 0.29) is 5.03 Å². The van der Waals surface area contributed by atoms with Gasteiger partial charge in [0.1, 0.15) is 0 Å². The third-order valence-corrected chi connectivity index (χ3v) is 2.97. The minimum atomic E-state index is -3.76. The fourth-order valence-electron chi connectivity index (χ4n) is 1.39. The summed E-state index contributed by atoms with van der Waals surface area (Å²) in [6, 6.07) is 1.44. The number of fused-ring (bicyclic) bond motifs is 1. The average molecular weight is 226 g/mol. The van der Waals surface area contributed by atoms with Crippen molar-refractivity contribution in [2.75, 3.05) is 0 Å². The van der Waals surface area contributed by atoms with Crippen LogP contribution in [-0.2, 0) is 17.1 Å². The van der Waals surface area contributed by atoms with Crippen molar-refractivity contribution in [2.24, 2.45) is 12.2 Å². The van der Waals surface area contributed by atoms with Crippen LogP contribution in [0, 0.1) is 6.92 Å². The predicted octanol–water partition coefficient (Wildman–Crippen LogP) is -0.0759. The molecule has 2 rings (SSSR count). The molecule has 7 heteroatoms. The van der Waals surface area contributed by atoms with Crippen LogP contribution in [0.3, 0.4) is 0 Å². The molecule has 2 aromatic heterocycles. The molecule has 0 fully saturated rings. The highest BCUT2D eigenvalue weighted by Crippen LogP contribution is 2.18. The molecule has 2 N–H and O–H groups in total. The number of nitrogens with zero attached hydrogens (tertiary/aromatic N) is 3. The van der Waals surface area contributed by atoms with Gasteiger partial charge in [0.05, 0.1) is 6.20 Å². The second-order valence-corrected chi connectivity index (χ2v) is 4.84. The molecule has 15 heavy (non-hydrogen) atoms. The molecule has 0 radical (unpaired) electrons. The molecule has 0 saturated carbocycles. The highest BCUT2D eigenvalue weighted by Gasteiger charge is 2.14. The van der Waals surface area contributed by atoms with E-state index in [1.54, 1.807) is 20.2 Å². The van der Waals surface area contributed by atoms with Crippen LogP contribution in [0.2, 0.25) is 0 Å². The van der Waals surface area contributed by atoms with Crippen LogP contribution in [0.15, 0.2) is 17.3 Å². The van der Waals surface area contributed by atoms with Crippen LogP contribution in [0.4, 0.5) is 0 Å². The van der Waals surface area contributed by atoms with Gasteiger partial charge in [0.2, 0.25) is 0 Å². The molecule has 2 aromatic rings. The number of aromatic nitrogens is 3. The Labute approximate surface area is 86.8 Å². The van der Waals surface area contributed by atoms with Crippen molar-refractivity contribution in [1.29, 1.82) is 0 Å². The quantitative estimate of drug-likeness (QED) is 0.736. The summed E-state index contributed by atoms with van der Waals surface area (Å²) in [5.74, 6) is 0. The smallest absolute Gasteiger partial charge is 0.250 e.